The third kappa shape index (κ3) is 3.38. The van der Waals surface area contributed by atoms with E-state index in [1.54, 1.807) is 0 Å². The van der Waals surface area contributed by atoms with E-state index in [1.165, 1.54) is 36.2 Å². The zero-order valence-electron chi connectivity index (χ0n) is 11.5. The molecule has 0 saturated heterocycles. The van der Waals surface area contributed by atoms with Crippen molar-refractivity contribution in [1.29, 1.82) is 0 Å². The molecule has 2 rings (SSSR count). The van der Waals surface area contributed by atoms with E-state index in [0.717, 1.165) is 25.8 Å². The molecule has 0 radical (unpaired) electrons. The number of rotatable bonds is 4. The number of alkyl halides is 1. The van der Waals surface area contributed by atoms with Crippen molar-refractivity contribution in [3.05, 3.63) is 29.1 Å². The number of hydrogen-bond acceptors (Lipinski definition) is 1. The maximum Gasteiger partial charge on any atom is 0.0624 e. The average Bonchev–Trinajstić information content (AvgIpc) is 2.64. The van der Waals surface area contributed by atoms with Crippen LogP contribution in [-0.4, -0.2) is 15.2 Å². The lowest BCUT2D eigenvalue weighted by atomic mass is 10.0. The zero-order valence-corrected chi connectivity index (χ0v) is 12.2. The molecule has 0 amide bonds. The van der Waals surface area contributed by atoms with Gasteiger partial charge in [0.1, 0.15) is 0 Å². The highest BCUT2D eigenvalue weighted by atomic mass is 35.5. The first-order valence-corrected chi connectivity index (χ1v) is 7.55. The van der Waals surface area contributed by atoms with Gasteiger partial charge in [0.15, 0.2) is 0 Å². The van der Waals surface area contributed by atoms with E-state index in [-0.39, 0.29) is 5.38 Å². The Balaban J connectivity index is 2.14. The molecule has 0 N–H and O–H groups in total. The van der Waals surface area contributed by atoms with Gasteiger partial charge in [-0.3, -0.25) is 4.68 Å². The fraction of sp³-hybridized carbons (Fsp3) is 0.667. The summed E-state index contributed by atoms with van der Waals surface area (Å²) in [7, 11) is 0. The summed E-state index contributed by atoms with van der Waals surface area (Å²) in [6, 6.07) is 2.25. The number of aryl methyl sites for hydroxylation is 2. The van der Waals surface area contributed by atoms with E-state index in [1.807, 2.05) is 0 Å². The summed E-state index contributed by atoms with van der Waals surface area (Å²) in [4.78, 5) is 0. The summed E-state index contributed by atoms with van der Waals surface area (Å²) in [5.41, 5.74) is 4.03. The zero-order chi connectivity index (χ0) is 13.0. The van der Waals surface area contributed by atoms with Gasteiger partial charge in [-0.1, -0.05) is 25.0 Å². The van der Waals surface area contributed by atoms with Gasteiger partial charge in [-0.05, 0) is 38.7 Å². The molecule has 0 aliphatic heterocycles. The first-order chi connectivity index (χ1) is 8.72. The lowest BCUT2D eigenvalue weighted by molar-refractivity contribution is 0.616. The monoisotopic (exact) mass is 266 g/mol. The molecule has 0 aromatic carbocycles. The van der Waals surface area contributed by atoms with Gasteiger partial charge < -0.3 is 0 Å². The molecule has 0 fully saturated rings. The Hall–Kier alpha value is -0.760. The molecule has 0 spiro atoms. The maximum atomic E-state index is 6.29. The van der Waals surface area contributed by atoms with Gasteiger partial charge in [-0.15, -0.1) is 11.6 Å². The first-order valence-electron chi connectivity index (χ1n) is 7.12. The van der Waals surface area contributed by atoms with Crippen LogP contribution in [0.2, 0.25) is 0 Å². The molecule has 18 heavy (non-hydrogen) atoms. The van der Waals surface area contributed by atoms with E-state index in [4.69, 9.17) is 11.6 Å². The quantitative estimate of drug-likeness (QED) is 0.592. The van der Waals surface area contributed by atoms with Crippen LogP contribution < -0.4 is 0 Å². The van der Waals surface area contributed by atoms with Crippen molar-refractivity contribution < 1.29 is 0 Å². The topological polar surface area (TPSA) is 17.8 Å². The number of halogens is 1. The summed E-state index contributed by atoms with van der Waals surface area (Å²) in [5, 5.41) is 4.84. The lowest BCUT2D eigenvalue weighted by Crippen LogP contribution is -2.04. The Morgan fingerprint density at radius 1 is 1.39 bits per heavy atom. The Labute approximate surface area is 115 Å². The largest absolute Gasteiger partial charge is 0.269 e. The highest BCUT2D eigenvalue weighted by Crippen LogP contribution is 2.24. The van der Waals surface area contributed by atoms with Crippen LogP contribution >= 0.6 is 11.6 Å². The second-order valence-corrected chi connectivity index (χ2v) is 5.62. The highest BCUT2D eigenvalue weighted by Gasteiger charge is 2.12. The summed E-state index contributed by atoms with van der Waals surface area (Å²) in [6.45, 7) is 5.26. The van der Waals surface area contributed by atoms with E-state index in [2.05, 4.69) is 35.8 Å². The third-order valence-corrected chi connectivity index (χ3v) is 3.97. The summed E-state index contributed by atoms with van der Waals surface area (Å²) < 4.78 is 2.13. The second kappa shape index (κ2) is 6.42. The molecule has 100 valence electrons. The fourth-order valence-electron chi connectivity index (χ4n) is 2.60. The van der Waals surface area contributed by atoms with Gasteiger partial charge in [-0.2, -0.15) is 5.10 Å². The fourth-order valence-corrected chi connectivity index (χ4v) is 2.93. The normalized spacial score (nSPS) is 20.6. The molecule has 1 aliphatic rings. The second-order valence-electron chi connectivity index (χ2n) is 5.06. The lowest BCUT2D eigenvalue weighted by Gasteiger charge is -2.08. The predicted octanol–water partition coefficient (Wildman–Crippen LogP) is 4.12. The van der Waals surface area contributed by atoms with Crippen molar-refractivity contribution in [3.8, 4) is 0 Å². The van der Waals surface area contributed by atoms with Crippen LogP contribution in [0.3, 0.4) is 0 Å². The Bertz CT molecular complexity index is 420. The molecule has 0 bridgehead atoms. The van der Waals surface area contributed by atoms with Crippen LogP contribution in [0.15, 0.2) is 17.7 Å². The van der Waals surface area contributed by atoms with E-state index >= 15 is 0 Å². The Morgan fingerprint density at radius 3 is 2.94 bits per heavy atom. The van der Waals surface area contributed by atoms with Crippen LogP contribution in [0.5, 0.6) is 0 Å². The van der Waals surface area contributed by atoms with Gasteiger partial charge in [-0.25, -0.2) is 0 Å². The molecule has 0 saturated carbocycles. The minimum absolute atomic E-state index is 0.228. The molecular weight excluding hydrogens is 244 g/mol. The van der Waals surface area contributed by atoms with E-state index in [9.17, 15) is 0 Å². The van der Waals surface area contributed by atoms with Gasteiger partial charge >= 0.3 is 0 Å². The van der Waals surface area contributed by atoms with Crippen LogP contribution in [-0.2, 0) is 19.4 Å². The van der Waals surface area contributed by atoms with Gasteiger partial charge in [0.25, 0.3) is 0 Å². The van der Waals surface area contributed by atoms with E-state index < -0.39 is 0 Å². The van der Waals surface area contributed by atoms with E-state index in [0.29, 0.717) is 0 Å². The number of hydrogen-bond donors (Lipinski definition) is 0. The molecule has 3 heteroatoms. The van der Waals surface area contributed by atoms with Crippen LogP contribution in [0.25, 0.3) is 0 Å². The summed E-state index contributed by atoms with van der Waals surface area (Å²) in [6.07, 6.45) is 9.14. The number of aromatic nitrogens is 2. The van der Waals surface area contributed by atoms with Gasteiger partial charge in [0, 0.05) is 18.7 Å². The van der Waals surface area contributed by atoms with Crippen molar-refractivity contribution in [2.75, 3.05) is 0 Å². The molecule has 1 unspecified atom stereocenters. The molecule has 1 aromatic heterocycles. The maximum absolute atomic E-state index is 6.29. The van der Waals surface area contributed by atoms with Crippen LogP contribution in [0.4, 0.5) is 0 Å². The first kappa shape index (κ1) is 13.7. The Kier molecular flexibility index (Phi) is 4.87. The number of nitrogens with zero attached hydrogens (tertiary/aromatic N) is 2. The molecule has 2 nitrogen and oxygen atoms in total. The summed E-state index contributed by atoms with van der Waals surface area (Å²) >= 11 is 6.29. The molecule has 1 heterocycles. The number of allylic oxidation sites excluding steroid dienone is 2. The van der Waals surface area contributed by atoms with Crippen molar-refractivity contribution in [2.45, 2.75) is 64.3 Å². The SMILES string of the molecule is CCc1cc(CC2=CC(Cl)CCCC2)n(CC)n1. The van der Waals surface area contributed by atoms with Crippen molar-refractivity contribution in [2.24, 2.45) is 0 Å². The van der Waals surface area contributed by atoms with Crippen LogP contribution in [0.1, 0.15) is 50.9 Å². The van der Waals surface area contributed by atoms with Crippen molar-refractivity contribution in [3.63, 3.8) is 0 Å². The van der Waals surface area contributed by atoms with Crippen molar-refractivity contribution >= 4 is 11.6 Å². The molecule has 1 aromatic rings. The third-order valence-electron chi connectivity index (χ3n) is 3.63. The molecular formula is C15H23ClN2. The van der Waals surface area contributed by atoms with Gasteiger partial charge in [0.05, 0.1) is 11.1 Å². The minimum Gasteiger partial charge on any atom is -0.269 e. The smallest absolute Gasteiger partial charge is 0.0624 e. The van der Waals surface area contributed by atoms with Crippen molar-refractivity contribution in [1.82, 2.24) is 9.78 Å². The standard InChI is InChI=1S/C15H23ClN2/c1-3-14-11-15(18(4-2)17-14)10-12-7-5-6-8-13(16)9-12/h9,11,13H,3-8,10H2,1-2H3. The minimum atomic E-state index is 0.228. The summed E-state index contributed by atoms with van der Waals surface area (Å²) in [5.74, 6) is 0. The van der Waals surface area contributed by atoms with Gasteiger partial charge in [0.2, 0.25) is 0 Å². The highest BCUT2D eigenvalue weighted by molar-refractivity contribution is 6.21. The molecule has 1 aliphatic carbocycles. The predicted molar refractivity (Wildman–Crippen MR) is 77.2 cm³/mol. The Morgan fingerprint density at radius 2 is 2.22 bits per heavy atom. The van der Waals surface area contributed by atoms with Crippen LogP contribution in [0, 0.1) is 0 Å². The average molecular weight is 267 g/mol. The molecule has 1 atom stereocenters.